The summed E-state index contributed by atoms with van der Waals surface area (Å²) in [5.41, 5.74) is 0.288. The van der Waals surface area contributed by atoms with Gasteiger partial charge in [0.25, 0.3) is 5.91 Å². The number of hydrogen-bond donors (Lipinski definition) is 3. The van der Waals surface area contributed by atoms with Gasteiger partial charge in [-0.05, 0) is 48.0 Å². The van der Waals surface area contributed by atoms with E-state index in [0.29, 0.717) is 16.8 Å². The molecule has 0 aromatic heterocycles. The fourth-order valence-electron chi connectivity index (χ4n) is 3.16. The fraction of sp³-hybridized carbons (Fsp3) is 0.0952. The summed E-state index contributed by atoms with van der Waals surface area (Å²) in [4.78, 5) is 12.1. The molecule has 1 atom stereocenters. The lowest BCUT2D eigenvalue weighted by atomic mass is 10.1. The standard InChI is InChI=1S/C21H16F3N3O3S/c22-21(23,24)15-10-11-18-17(12-15)26-19(27-31(18,29)30)13-6-8-14(9-7-13)20(28)25-16-4-2-1-3-5-16/h1-12,19,26-27H,(H,25,28)/t19-/m0/s1. The number of carbonyl (C=O) groups excluding carboxylic acids is 1. The van der Waals surface area contributed by atoms with Crippen LogP contribution in [0.25, 0.3) is 0 Å². The van der Waals surface area contributed by atoms with E-state index in [-0.39, 0.29) is 16.5 Å². The predicted octanol–water partition coefficient (Wildman–Crippen LogP) is 4.36. The largest absolute Gasteiger partial charge is 0.416 e. The molecule has 1 aliphatic heterocycles. The lowest BCUT2D eigenvalue weighted by Gasteiger charge is -2.29. The Kier molecular flexibility index (Phi) is 5.19. The Balaban J connectivity index is 1.57. The number of carbonyl (C=O) groups is 1. The van der Waals surface area contributed by atoms with E-state index in [0.717, 1.165) is 18.2 Å². The molecule has 3 aromatic rings. The van der Waals surface area contributed by atoms with Crippen LogP contribution in [0.4, 0.5) is 24.5 Å². The van der Waals surface area contributed by atoms with Crippen LogP contribution in [0.2, 0.25) is 0 Å². The van der Waals surface area contributed by atoms with Crippen molar-refractivity contribution >= 4 is 27.3 Å². The molecule has 6 nitrogen and oxygen atoms in total. The van der Waals surface area contributed by atoms with E-state index >= 15 is 0 Å². The second-order valence-electron chi connectivity index (χ2n) is 6.85. The number of rotatable bonds is 3. The Morgan fingerprint density at radius 1 is 0.935 bits per heavy atom. The average molecular weight is 447 g/mol. The zero-order valence-corrected chi connectivity index (χ0v) is 16.6. The number of hydrogen-bond acceptors (Lipinski definition) is 4. The van der Waals surface area contributed by atoms with Crippen molar-refractivity contribution in [3.8, 4) is 0 Å². The Labute approximate surface area is 176 Å². The van der Waals surface area contributed by atoms with Gasteiger partial charge in [-0.25, -0.2) is 8.42 Å². The minimum Gasteiger partial charge on any atom is -0.364 e. The highest BCUT2D eigenvalue weighted by Gasteiger charge is 2.35. The van der Waals surface area contributed by atoms with Crippen LogP contribution in [0.1, 0.15) is 27.7 Å². The smallest absolute Gasteiger partial charge is 0.364 e. The van der Waals surface area contributed by atoms with Crippen molar-refractivity contribution in [3.63, 3.8) is 0 Å². The van der Waals surface area contributed by atoms with Gasteiger partial charge in [-0.15, -0.1) is 0 Å². The first-order valence-corrected chi connectivity index (χ1v) is 10.6. The molecule has 0 fully saturated rings. The van der Waals surface area contributed by atoms with E-state index in [9.17, 15) is 26.4 Å². The van der Waals surface area contributed by atoms with E-state index in [2.05, 4.69) is 15.4 Å². The minimum absolute atomic E-state index is 0.149. The molecule has 1 aliphatic rings. The van der Waals surface area contributed by atoms with E-state index in [1.165, 1.54) is 24.3 Å². The summed E-state index contributed by atoms with van der Waals surface area (Å²) in [5, 5.41) is 5.51. The summed E-state index contributed by atoms with van der Waals surface area (Å²) in [7, 11) is -4.03. The van der Waals surface area contributed by atoms with Gasteiger partial charge < -0.3 is 10.6 Å². The maximum atomic E-state index is 13.0. The van der Waals surface area contributed by atoms with Crippen molar-refractivity contribution < 1.29 is 26.4 Å². The maximum Gasteiger partial charge on any atom is 0.416 e. The summed E-state index contributed by atoms with van der Waals surface area (Å²) in [6.45, 7) is 0. The molecular weight excluding hydrogens is 431 g/mol. The van der Waals surface area contributed by atoms with Gasteiger partial charge in [-0.2, -0.15) is 17.9 Å². The number of nitrogens with one attached hydrogen (secondary N) is 3. The molecule has 0 saturated heterocycles. The Bertz CT molecular complexity index is 1230. The second-order valence-corrected chi connectivity index (χ2v) is 8.53. The molecule has 3 aromatic carbocycles. The third-order valence-electron chi connectivity index (χ3n) is 4.71. The van der Waals surface area contributed by atoms with E-state index in [4.69, 9.17) is 0 Å². The Hall–Kier alpha value is -3.37. The zero-order chi connectivity index (χ0) is 22.2. The predicted molar refractivity (Wildman–Crippen MR) is 109 cm³/mol. The number of fused-ring (bicyclic) bond motifs is 1. The lowest BCUT2D eigenvalue weighted by molar-refractivity contribution is -0.137. The van der Waals surface area contributed by atoms with Crippen LogP contribution < -0.4 is 15.4 Å². The molecule has 1 amide bonds. The monoisotopic (exact) mass is 447 g/mol. The van der Waals surface area contributed by atoms with Gasteiger partial charge in [0.15, 0.2) is 0 Å². The van der Waals surface area contributed by atoms with Crippen LogP contribution in [-0.2, 0) is 16.2 Å². The number of para-hydroxylation sites is 1. The zero-order valence-electron chi connectivity index (χ0n) is 15.8. The second kappa shape index (κ2) is 7.71. The van der Waals surface area contributed by atoms with Crippen LogP contribution in [0.5, 0.6) is 0 Å². The highest BCUT2D eigenvalue weighted by Crippen LogP contribution is 2.37. The van der Waals surface area contributed by atoms with Gasteiger partial charge in [0.1, 0.15) is 11.1 Å². The van der Waals surface area contributed by atoms with E-state index < -0.39 is 27.9 Å². The summed E-state index contributed by atoms with van der Waals surface area (Å²) in [6, 6.07) is 17.3. The lowest BCUT2D eigenvalue weighted by Crippen LogP contribution is -2.38. The van der Waals surface area contributed by atoms with Gasteiger partial charge in [0, 0.05) is 11.3 Å². The molecular formula is C21H16F3N3O3S. The van der Waals surface area contributed by atoms with Crippen LogP contribution in [0.15, 0.2) is 77.7 Å². The first-order chi connectivity index (χ1) is 14.6. The number of sulfonamides is 1. The molecule has 31 heavy (non-hydrogen) atoms. The van der Waals surface area contributed by atoms with E-state index in [1.54, 1.807) is 24.3 Å². The SMILES string of the molecule is O=C(Nc1ccccc1)c1ccc([C@H]2Nc3cc(C(F)(F)F)ccc3S(=O)(=O)N2)cc1. The van der Waals surface area contributed by atoms with Crippen molar-refractivity contribution in [3.05, 3.63) is 89.5 Å². The van der Waals surface area contributed by atoms with Gasteiger partial charge in [-0.3, -0.25) is 4.79 Å². The van der Waals surface area contributed by atoms with Crippen molar-refractivity contribution in [2.45, 2.75) is 17.2 Å². The molecule has 160 valence electrons. The third kappa shape index (κ3) is 4.39. The number of alkyl halides is 3. The minimum atomic E-state index is -4.60. The highest BCUT2D eigenvalue weighted by molar-refractivity contribution is 7.89. The molecule has 3 N–H and O–H groups in total. The Morgan fingerprint density at radius 3 is 2.26 bits per heavy atom. The Morgan fingerprint density at radius 2 is 1.61 bits per heavy atom. The van der Waals surface area contributed by atoms with Crippen molar-refractivity contribution in [1.29, 1.82) is 0 Å². The first kappa shape index (κ1) is 20.9. The van der Waals surface area contributed by atoms with Crippen molar-refractivity contribution in [2.24, 2.45) is 0 Å². The van der Waals surface area contributed by atoms with Crippen molar-refractivity contribution in [1.82, 2.24) is 4.72 Å². The molecule has 0 aliphatic carbocycles. The quantitative estimate of drug-likeness (QED) is 0.557. The molecule has 0 spiro atoms. The molecule has 4 rings (SSSR count). The van der Waals surface area contributed by atoms with E-state index in [1.807, 2.05) is 6.07 Å². The molecule has 1 heterocycles. The summed E-state index contributed by atoms with van der Waals surface area (Å²) in [5.74, 6) is -0.352. The molecule has 0 bridgehead atoms. The number of halogens is 3. The third-order valence-corrected chi connectivity index (χ3v) is 6.19. The first-order valence-electron chi connectivity index (χ1n) is 9.10. The highest BCUT2D eigenvalue weighted by atomic mass is 32.2. The van der Waals surface area contributed by atoms with Gasteiger partial charge in [0.05, 0.1) is 11.3 Å². The number of benzene rings is 3. The summed E-state index contributed by atoms with van der Waals surface area (Å²) >= 11 is 0. The van der Waals surface area contributed by atoms with Gasteiger partial charge in [-0.1, -0.05) is 30.3 Å². The normalized spacial score (nSPS) is 17.3. The van der Waals surface area contributed by atoms with Gasteiger partial charge in [0.2, 0.25) is 10.0 Å². The fourth-order valence-corrected chi connectivity index (χ4v) is 4.45. The summed E-state index contributed by atoms with van der Waals surface area (Å²) < 4.78 is 66.4. The molecule has 10 heteroatoms. The van der Waals surface area contributed by atoms with Crippen LogP contribution in [0, 0.1) is 0 Å². The maximum absolute atomic E-state index is 13.0. The average Bonchev–Trinajstić information content (AvgIpc) is 2.73. The topological polar surface area (TPSA) is 87.3 Å². The van der Waals surface area contributed by atoms with Crippen molar-refractivity contribution in [2.75, 3.05) is 10.6 Å². The number of anilines is 2. The van der Waals surface area contributed by atoms with Gasteiger partial charge >= 0.3 is 6.18 Å². The summed E-state index contributed by atoms with van der Waals surface area (Å²) in [6.07, 6.45) is -5.60. The van der Waals surface area contributed by atoms with Crippen LogP contribution >= 0.6 is 0 Å². The molecule has 0 radical (unpaired) electrons. The number of amides is 1. The molecule has 0 saturated carbocycles. The molecule has 0 unspecified atom stereocenters. The van der Waals surface area contributed by atoms with Crippen LogP contribution in [-0.4, -0.2) is 14.3 Å². The van der Waals surface area contributed by atoms with Crippen LogP contribution in [0.3, 0.4) is 0 Å².